The number of carbonyl (C=O) groups is 1. The highest BCUT2D eigenvalue weighted by Gasteiger charge is 2.29. The molecule has 0 radical (unpaired) electrons. The van der Waals surface area contributed by atoms with Gasteiger partial charge in [0.25, 0.3) is 5.91 Å². The number of nitrogens with one attached hydrogen (secondary N) is 1. The zero-order valence-corrected chi connectivity index (χ0v) is 15.8. The second-order valence-corrected chi connectivity index (χ2v) is 9.56. The van der Waals surface area contributed by atoms with Crippen LogP contribution in [0.4, 0.5) is 0 Å². The lowest BCUT2D eigenvalue weighted by Gasteiger charge is -2.31. The Kier molecular flexibility index (Phi) is 5.56. The maximum atomic E-state index is 12.5. The van der Waals surface area contributed by atoms with Crippen LogP contribution in [-0.4, -0.2) is 37.8 Å². The second-order valence-electron chi connectivity index (χ2n) is 6.30. The Morgan fingerprint density at radius 2 is 1.84 bits per heavy atom. The fourth-order valence-electron chi connectivity index (χ4n) is 2.97. The Morgan fingerprint density at radius 3 is 2.44 bits per heavy atom. The van der Waals surface area contributed by atoms with Crippen LogP contribution in [0.15, 0.2) is 42.5 Å². The molecule has 0 unspecified atom stereocenters. The lowest BCUT2D eigenvalue weighted by Crippen LogP contribution is -2.46. The first-order chi connectivity index (χ1) is 11.9. The lowest BCUT2D eigenvalue weighted by atomic mass is 10.1. The van der Waals surface area contributed by atoms with Gasteiger partial charge in [-0.2, -0.15) is 0 Å². The predicted molar refractivity (Wildman–Crippen MR) is 100 cm³/mol. The summed E-state index contributed by atoms with van der Waals surface area (Å²) >= 11 is 1.47. The number of piperidine rings is 1. The van der Waals surface area contributed by atoms with Crippen LogP contribution in [0.25, 0.3) is 0 Å². The molecule has 0 spiro atoms. The van der Waals surface area contributed by atoms with Gasteiger partial charge < -0.3 is 5.32 Å². The monoisotopic (exact) mass is 378 g/mol. The fourth-order valence-corrected chi connectivity index (χ4v) is 5.30. The topological polar surface area (TPSA) is 66.5 Å². The number of hydrogen-bond acceptors (Lipinski definition) is 4. The summed E-state index contributed by atoms with van der Waals surface area (Å²) in [5.41, 5.74) is 0.797. The molecule has 25 heavy (non-hydrogen) atoms. The van der Waals surface area contributed by atoms with Gasteiger partial charge in [0.15, 0.2) is 0 Å². The van der Waals surface area contributed by atoms with Gasteiger partial charge in [-0.3, -0.25) is 4.79 Å². The third-order valence-corrected chi connectivity index (χ3v) is 7.19. The Bertz CT molecular complexity index is 823. The zero-order valence-electron chi connectivity index (χ0n) is 14.1. The molecule has 0 saturated carbocycles. The second kappa shape index (κ2) is 7.68. The predicted octanol–water partition coefficient (Wildman–Crippen LogP) is 2.78. The summed E-state index contributed by atoms with van der Waals surface area (Å²) < 4.78 is 26.6. The van der Waals surface area contributed by atoms with E-state index in [0.717, 1.165) is 10.4 Å². The van der Waals surface area contributed by atoms with Crippen LogP contribution in [0.3, 0.4) is 0 Å². The van der Waals surface area contributed by atoms with Crippen LogP contribution in [-0.2, 0) is 15.8 Å². The maximum absolute atomic E-state index is 12.5. The van der Waals surface area contributed by atoms with Crippen LogP contribution >= 0.6 is 11.3 Å². The van der Waals surface area contributed by atoms with Gasteiger partial charge in [0, 0.05) is 24.0 Å². The van der Waals surface area contributed by atoms with E-state index < -0.39 is 10.0 Å². The minimum absolute atomic E-state index is 0.0260. The van der Waals surface area contributed by atoms with E-state index in [1.54, 1.807) is 0 Å². The van der Waals surface area contributed by atoms with Crippen LogP contribution in [0.5, 0.6) is 0 Å². The number of aryl methyl sites for hydroxylation is 1. The SMILES string of the molecule is Cc1ccc(C(=O)NC2CCN(S(=O)(=O)Cc3ccccc3)CC2)s1. The molecule has 1 aliphatic heterocycles. The normalized spacial score (nSPS) is 16.7. The van der Waals surface area contributed by atoms with Crippen LogP contribution < -0.4 is 5.32 Å². The molecule has 1 amide bonds. The lowest BCUT2D eigenvalue weighted by molar-refractivity contribution is 0.0928. The van der Waals surface area contributed by atoms with Crippen molar-refractivity contribution in [2.75, 3.05) is 13.1 Å². The smallest absolute Gasteiger partial charge is 0.261 e. The van der Waals surface area contributed by atoms with Gasteiger partial charge in [-0.1, -0.05) is 30.3 Å². The first-order valence-electron chi connectivity index (χ1n) is 8.33. The van der Waals surface area contributed by atoms with Crippen LogP contribution in [0.1, 0.15) is 33.0 Å². The van der Waals surface area contributed by atoms with Crippen molar-refractivity contribution in [3.05, 3.63) is 57.8 Å². The first kappa shape index (κ1) is 18.1. The van der Waals surface area contributed by atoms with Gasteiger partial charge >= 0.3 is 0 Å². The highest BCUT2D eigenvalue weighted by Crippen LogP contribution is 2.19. The number of sulfonamides is 1. The zero-order chi connectivity index (χ0) is 17.9. The van der Waals surface area contributed by atoms with Crippen molar-refractivity contribution in [2.45, 2.75) is 31.6 Å². The molecule has 1 N–H and O–H groups in total. The molecule has 2 aromatic rings. The van der Waals surface area contributed by atoms with E-state index in [-0.39, 0.29) is 17.7 Å². The van der Waals surface area contributed by atoms with E-state index in [1.165, 1.54) is 15.6 Å². The molecular formula is C18H22N2O3S2. The molecule has 3 rings (SSSR count). The average molecular weight is 379 g/mol. The molecule has 1 aliphatic rings. The largest absolute Gasteiger partial charge is 0.349 e. The summed E-state index contributed by atoms with van der Waals surface area (Å²) in [6.45, 7) is 2.87. The van der Waals surface area contributed by atoms with E-state index in [0.29, 0.717) is 30.8 Å². The Labute approximate surface area is 152 Å². The molecule has 1 fully saturated rings. The summed E-state index contributed by atoms with van der Waals surface area (Å²) in [5.74, 6) is -0.0389. The molecule has 1 aromatic carbocycles. The number of amides is 1. The van der Waals surface area contributed by atoms with Gasteiger partial charge in [-0.15, -0.1) is 11.3 Å². The highest BCUT2D eigenvalue weighted by molar-refractivity contribution is 7.88. The molecule has 5 nitrogen and oxygen atoms in total. The first-order valence-corrected chi connectivity index (χ1v) is 10.8. The van der Waals surface area contributed by atoms with E-state index in [4.69, 9.17) is 0 Å². The highest BCUT2D eigenvalue weighted by atomic mass is 32.2. The molecule has 0 atom stereocenters. The molecule has 134 valence electrons. The van der Waals surface area contributed by atoms with E-state index in [9.17, 15) is 13.2 Å². The number of rotatable bonds is 5. The standard InChI is InChI=1S/C18H22N2O3S2/c1-14-7-8-17(24-14)18(21)19-16-9-11-20(12-10-16)25(22,23)13-15-5-3-2-4-6-15/h2-8,16H,9-13H2,1H3,(H,19,21). The molecule has 1 aromatic heterocycles. The van der Waals surface area contributed by atoms with E-state index in [1.807, 2.05) is 49.4 Å². The quantitative estimate of drug-likeness (QED) is 0.870. The van der Waals surface area contributed by atoms with Crippen molar-refractivity contribution < 1.29 is 13.2 Å². The van der Waals surface area contributed by atoms with Crippen LogP contribution in [0.2, 0.25) is 0 Å². The van der Waals surface area contributed by atoms with Gasteiger partial charge in [-0.25, -0.2) is 12.7 Å². The molecule has 7 heteroatoms. The number of carbonyl (C=O) groups excluding carboxylic acids is 1. The van der Waals surface area contributed by atoms with E-state index in [2.05, 4.69) is 5.32 Å². The molecule has 2 heterocycles. The number of nitrogens with zero attached hydrogens (tertiary/aromatic N) is 1. The number of thiophene rings is 1. The van der Waals surface area contributed by atoms with E-state index >= 15 is 0 Å². The van der Waals surface area contributed by atoms with Gasteiger partial charge in [0.1, 0.15) is 0 Å². The minimum Gasteiger partial charge on any atom is -0.349 e. The van der Waals surface area contributed by atoms with Gasteiger partial charge in [-0.05, 0) is 37.5 Å². The van der Waals surface area contributed by atoms with Gasteiger partial charge in [0.2, 0.25) is 10.0 Å². The van der Waals surface area contributed by atoms with Crippen molar-refractivity contribution in [3.63, 3.8) is 0 Å². The number of hydrogen-bond donors (Lipinski definition) is 1. The molecule has 0 bridgehead atoms. The average Bonchev–Trinajstić information content (AvgIpc) is 3.02. The third kappa shape index (κ3) is 4.68. The summed E-state index contributed by atoms with van der Waals surface area (Å²) in [4.78, 5) is 14.0. The Balaban J connectivity index is 1.53. The Hall–Kier alpha value is -1.70. The number of benzene rings is 1. The Morgan fingerprint density at radius 1 is 1.16 bits per heavy atom. The van der Waals surface area contributed by atoms with Crippen molar-refractivity contribution in [3.8, 4) is 0 Å². The molecule has 1 saturated heterocycles. The summed E-state index contributed by atoms with van der Waals surface area (Å²) in [7, 11) is -3.31. The van der Waals surface area contributed by atoms with Crippen molar-refractivity contribution in [2.24, 2.45) is 0 Å². The van der Waals surface area contributed by atoms with Crippen molar-refractivity contribution in [1.82, 2.24) is 9.62 Å². The molecule has 0 aliphatic carbocycles. The maximum Gasteiger partial charge on any atom is 0.261 e. The molecular weight excluding hydrogens is 356 g/mol. The van der Waals surface area contributed by atoms with Crippen LogP contribution in [0, 0.1) is 6.92 Å². The minimum atomic E-state index is -3.31. The summed E-state index contributed by atoms with van der Waals surface area (Å²) in [6, 6.07) is 13.0. The fraction of sp³-hybridized carbons (Fsp3) is 0.389. The summed E-state index contributed by atoms with van der Waals surface area (Å²) in [5, 5.41) is 3.02. The third-order valence-electron chi connectivity index (χ3n) is 4.34. The van der Waals surface area contributed by atoms with Crippen molar-refractivity contribution >= 4 is 27.3 Å². The van der Waals surface area contributed by atoms with Gasteiger partial charge in [0.05, 0.1) is 10.6 Å². The summed E-state index contributed by atoms with van der Waals surface area (Å²) in [6.07, 6.45) is 1.29. The van der Waals surface area contributed by atoms with Crippen molar-refractivity contribution in [1.29, 1.82) is 0 Å².